The molecule has 0 aromatic heterocycles. The summed E-state index contributed by atoms with van der Waals surface area (Å²) < 4.78 is 25.1. The summed E-state index contributed by atoms with van der Waals surface area (Å²) in [5, 5.41) is 18.2. The molecule has 104 valence electrons. The molecule has 0 amide bonds. The number of rotatable bonds is 6. The molecule has 19 heavy (non-hydrogen) atoms. The van der Waals surface area contributed by atoms with Crippen molar-refractivity contribution in [1.29, 1.82) is 0 Å². The first-order valence-corrected chi connectivity index (χ1v) is 5.84. The fourth-order valence-electron chi connectivity index (χ4n) is 1.54. The van der Waals surface area contributed by atoms with Gasteiger partial charge in [0.25, 0.3) is 6.43 Å². The number of aliphatic carboxylic acids is 1. The normalized spacial score (nSPS) is 12.5. The van der Waals surface area contributed by atoms with Crippen LogP contribution in [-0.2, 0) is 4.79 Å². The van der Waals surface area contributed by atoms with Crippen LogP contribution in [0.15, 0.2) is 18.2 Å². The minimum atomic E-state index is -2.79. The molecule has 0 aliphatic heterocycles. The Labute approximate surface area is 112 Å². The van der Waals surface area contributed by atoms with Crippen LogP contribution in [0.4, 0.5) is 8.78 Å². The first-order valence-electron chi connectivity index (χ1n) is 5.30. The van der Waals surface area contributed by atoms with E-state index in [9.17, 15) is 23.5 Å². The zero-order valence-electron chi connectivity index (χ0n) is 9.65. The molecule has 0 spiro atoms. The number of Topliss-reactive ketones (excluding diaryl/α,β-unsaturated/α-hetero) is 1. The van der Waals surface area contributed by atoms with Crippen LogP contribution in [0.2, 0.25) is 0 Å². The van der Waals surface area contributed by atoms with Gasteiger partial charge >= 0.3 is 5.97 Å². The quantitative estimate of drug-likeness (QED) is 0.624. The second-order valence-corrected chi connectivity index (χ2v) is 4.13. The van der Waals surface area contributed by atoms with Crippen molar-refractivity contribution in [2.45, 2.75) is 19.0 Å². The summed E-state index contributed by atoms with van der Waals surface area (Å²) in [4.78, 5) is 22.4. The molecule has 2 N–H and O–H groups in total. The highest BCUT2D eigenvalue weighted by atomic mass is 35.5. The summed E-state index contributed by atoms with van der Waals surface area (Å²) in [6.07, 6.45) is -4.87. The molecule has 7 heteroatoms. The standard InChI is InChI=1S/C12H11ClF2O4/c13-4-3-9(16)8-5-6(11(14)15)1-2-7(8)10(17)12(18)19/h1-2,5,10-11,17H,3-4H2,(H,18,19). The van der Waals surface area contributed by atoms with Gasteiger partial charge in [-0.25, -0.2) is 13.6 Å². The second kappa shape index (κ2) is 6.58. The fraction of sp³-hybridized carbons (Fsp3) is 0.333. The monoisotopic (exact) mass is 292 g/mol. The Balaban J connectivity index is 3.30. The second-order valence-electron chi connectivity index (χ2n) is 3.75. The number of ketones is 1. The minimum Gasteiger partial charge on any atom is -0.479 e. The summed E-state index contributed by atoms with van der Waals surface area (Å²) in [7, 11) is 0. The van der Waals surface area contributed by atoms with Crippen LogP contribution in [0.25, 0.3) is 0 Å². The van der Waals surface area contributed by atoms with Gasteiger partial charge in [-0.1, -0.05) is 12.1 Å². The number of alkyl halides is 3. The van der Waals surface area contributed by atoms with Crippen molar-refractivity contribution < 1.29 is 28.6 Å². The SMILES string of the molecule is O=C(CCCl)c1cc(C(F)F)ccc1C(O)C(=O)O. The number of halogens is 3. The molecule has 0 aliphatic rings. The highest BCUT2D eigenvalue weighted by Gasteiger charge is 2.24. The van der Waals surface area contributed by atoms with Crippen LogP contribution < -0.4 is 0 Å². The van der Waals surface area contributed by atoms with Gasteiger partial charge < -0.3 is 10.2 Å². The molecule has 0 heterocycles. The molecular formula is C12H11ClF2O4. The van der Waals surface area contributed by atoms with E-state index in [0.717, 1.165) is 18.2 Å². The topological polar surface area (TPSA) is 74.6 Å². The van der Waals surface area contributed by atoms with E-state index in [-0.39, 0.29) is 23.4 Å². The lowest BCUT2D eigenvalue weighted by molar-refractivity contribution is -0.146. The molecule has 1 atom stereocenters. The number of carboxylic acids is 1. The van der Waals surface area contributed by atoms with Gasteiger partial charge in [0.05, 0.1) is 0 Å². The lowest BCUT2D eigenvalue weighted by Crippen LogP contribution is -2.15. The largest absolute Gasteiger partial charge is 0.479 e. The Morgan fingerprint density at radius 2 is 1.95 bits per heavy atom. The highest BCUT2D eigenvalue weighted by Crippen LogP contribution is 2.26. The summed E-state index contributed by atoms with van der Waals surface area (Å²) >= 11 is 5.40. The van der Waals surface area contributed by atoms with Crippen LogP contribution in [0.1, 0.15) is 40.4 Å². The lowest BCUT2D eigenvalue weighted by atomic mass is 9.95. The number of hydrogen-bond acceptors (Lipinski definition) is 3. The van der Waals surface area contributed by atoms with Crippen LogP contribution in [0.5, 0.6) is 0 Å². The Morgan fingerprint density at radius 3 is 2.42 bits per heavy atom. The zero-order chi connectivity index (χ0) is 14.6. The Morgan fingerprint density at radius 1 is 1.32 bits per heavy atom. The molecule has 1 rings (SSSR count). The van der Waals surface area contributed by atoms with Gasteiger partial charge in [-0.2, -0.15) is 0 Å². The maximum Gasteiger partial charge on any atom is 0.337 e. The van der Waals surface area contributed by atoms with Crippen LogP contribution >= 0.6 is 11.6 Å². The van der Waals surface area contributed by atoms with Crippen molar-refractivity contribution in [2.75, 3.05) is 5.88 Å². The summed E-state index contributed by atoms with van der Waals surface area (Å²) in [5.74, 6) is -2.18. The fourth-order valence-corrected chi connectivity index (χ4v) is 1.71. The third-order valence-electron chi connectivity index (χ3n) is 2.48. The molecule has 0 aliphatic carbocycles. The molecular weight excluding hydrogens is 282 g/mol. The molecule has 0 saturated carbocycles. The van der Waals surface area contributed by atoms with Crippen molar-refractivity contribution in [3.8, 4) is 0 Å². The highest BCUT2D eigenvalue weighted by molar-refractivity contribution is 6.19. The van der Waals surface area contributed by atoms with Crippen LogP contribution in [-0.4, -0.2) is 27.8 Å². The molecule has 0 saturated heterocycles. The van der Waals surface area contributed by atoms with Crippen molar-refractivity contribution in [2.24, 2.45) is 0 Å². The molecule has 0 radical (unpaired) electrons. The van der Waals surface area contributed by atoms with E-state index >= 15 is 0 Å². The predicted molar refractivity (Wildman–Crippen MR) is 63.7 cm³/mol. The maximum atomic E-state index is 12.6. The lowest BCUT2D eigenvalue weighted by Gasteiger charge is -2.13. The van der Waals surface area contributed by atoms with Crippen molar-refractivity contribution >= 4 is 23.4 Å². The number of benzene rings is 1. The third kappa shape index (κ3) is 3.71. The number of carboxylic acid groups (broad SMARTS) is 1. The van der Waals surface area contributed by atoms with E-state index in [1.165, 1.54) is 0 Å². The Hall–Kier alpha value is -1.53. The average Bonchev–Trinajstić information content (AvgIpc) is 2.37. The Kier molecular flexibility index (Phi) is 5.38. The molecule has 1 unspecified atom stereocenters. The predicted octanol–water partition coefficient (Wildman–Crippen LogP) is 2.55. The molecule has 4 nitrogen and oxygen atoms in total. The van der Waals surface area contributed by atoms with E-state index in [0.29, 0.717) is 0 Å². The van der Waals surface area contributed by atoms with Gasteiger partial charge in [-0.15, -0.1) is 11.6 Å². The van der Waals surface area contributed by atoms with Gasteiger partial charge in [0, 0.05) is 29.0 Å². The van der Waals surface area contributed by atoms with Gasteiger partial charge in [-0.05, 0) is 6.07 Å². The van der Waals surface area contributed by atoms with Gasteiger partial charge in [0.2, 0.25) is 0 Å². The van der Waals surface area contributed by atoms with E-state index in [1.54, 1.807) is 0 Å². The molecule has 1 aromatic rings. The van der Waals surface area contributed by atoms with Gasteiger partial charge in [0.15, 0.2) is 11.9 Å². The number of aliphatic hydroxyl groups excluding tert-OH is 1. The minimum absolute atomic E-state index is 0.0274. The van der Waals surface area contributed by atoms with E-state index < -0.39 is 29.8 Å². The summed E-state index contributed by atoms with van der Waals surface area (Å²) in [5.41, 5.74) is -0.875. The number of carbonyl (C=O) groups is 2. The molecule has 0 fully saturated rings. The van der Waals surface area contributed by atoms with E-state index in [1.807, 2.05) is 0 Å². The average molecular weight is 293 g/mol. The summed E-state index contributed by atoms with van der Waals surface area (Å²) in [6, 6.07) is 2.88. The smallest absolute Gasteiger partial charge is 0.337 e. The number of aliphatic hydroxyl groups is 1. The van der Waals surface area contributed by atoms with Crippen LogP contribution in [0.3, 0.4) is 0 Å². The van der Waals surface area contributed by atoms with E-state index in [2.05, 4.69) is 0 Å². The first-order chi connectivity index (χ1) is 8.88. The van der Waals surface area contributed by atoms with Gasteiger partial charge in [0.1, 0.15) is 0 Å². The van der Waals surface area contributed by atoms with Crippen molar-refractivity contribution in [3.63, 3.8) is 0 Å². The molecule has 0 bridgehead atoms. The van der Waals surface area contributed by atoms with E-state index in [4.69, 9.17) is 16.7 Å². The number of carbonyl (C=O) groups excluding carboxylic acids is 1. The van der Waals surface area contributed by atoms with Crippen molar-refractivity contribution in [3.05, 3.63) is 34.9 Å². The van der Waals surface area contributed by atoms with Crippen molar-refractivity contribution in [1.82, 2.24) is 0 Å². The number of hydrogen-bond donors (Lipinski definition) is 2. The third-order valence-corrected chi connectivity index (χ3v) is 2.67. The van der Waals surface area contributed by atoms with Crippen LogP contribution in [0, 0.1) is 0 Å². The van der Waals surface area contributed by atoms with Gasteiger partial charge in [-0.3, -0.25) is 4.79 Å². The Bertz CT molecular complexity index is 491. The zero-order valence-corrected chi connectivity index (χ0v) is 10.4. The molecule has 1 aromatic carbocycles. The summed E-state index contributed by atoms with van der Waals surface area (Å²) in [6.45, 7) is 0. The first kappa shape index (κ1) is 15.5. The maximum absolute atomic E-state index is 12.6.